The first-order valence-electron chi connectivity index (χ1n) is 9.46. The molecule has 1 amide bonds. The maximum absolute atomic E-state index is 13.0. The topological polar surface area (TPSA) is 51.0 Å². The summed E-state index contributed by atoms with van der Waals surface area (Å²) in [6.07, 6.45) is 1.80. The van der Waals surface area contributed by atoms with E-state index in [0.29, 0.717) is 32.9 Å². The van der Waals surface area contributed by atoms with Crippen molar-refractivity contribution in [3.05, 3.63) is 74.5 Å². The highest BCUT2D eigenvalue weighted by Crippen LogP contribution is 2.34. The van der Waals surface area contributed by atoms with E-state index in [4.69, 9.17) is 34.8 Å². The molecule has 1 aromatic heterocycles. The minimum Gasteiger partial charge on any atom is -0.328 e. The van der Waals surface area contributed by atoms with Crippen molar-refractivity contribution in [1.29, 1.82) is 0 Å². The number of benzene rings is 2. The highest BCUT2D eigenvalue weighted by atomic mass is 35.5. The van der Waals surface area contributed by atoms with Gasteiger partial charge in [0.15, 0.2) is 11.0 Å². The second kappa shape index (κ2) is 9.18. The number of amides is 1. The van der Waals surface area contributed by atoms with Gasteiger partial charge in [0.25, 0.3) is 5.91 Å². The number of aromatic nitrogens is 3. The molecule has 9 heteroatoms. The Bertz CT molecular complexity index is 1070. The molecule has 156 valence electrons. The van der Waals surface area contributed by atoms with Gasteiger partial charge >= 0.3 is 0 Å². The SMILES string of the molecule is Cn1c(SCc2ccc(Cl)c(Cl)c2)nnc1C1CCCN1C(=O)c1ccc(Cl)cc1. The molecular formula is C21H19Cl3N4OS. The second-order valence-electron chi connectivity index (χ2n) is 7.10. The molecule has 3 aromatic rings. The van der Waals surface area contributed by atoms with Gasteiger partial charge in [0.2, 0.25) is 0 Å². The summed E-state index contributed by atoms with van der Waals surface area (Å²) >= 11 is 19.6. The number of carbonyl (C=O) groups excluding carboxylic acids is 1. The Hall–Kier alpha value is -1.73. The average molecular weight is 482 g/mol. The monoisotopic (exact) mass is 480 g/mol. The molecule has 2 heterocycles. The highest BCUT2D eigenvalue weighted by molar-refractivity contribution is 7.98. The van der Waals surface area contributed by atoms with Crippen LogP contribution in [-0.4, -0.2) is 32.1 Å². The molecule has 1 saturated heterocycles. The number of thioether (sulfide) groups is 1. The van der Waals surface area contributed by atoms with Crippen LogP contribution in [0, 0.1) is 0 Å². The van der Waals surface area contributed by atoms with Crippen molar-refractivity contribution in [2.75, 3.05) is 6.54 Å². The van der Waals surface area contributed by atoms with Crippen molar-refractivity contribution >= 4 is 52.5 Å². The van der Waals surface area contributed by atoms with Crippen LogP contribution in [-0.2, 0) is 12.8 Å². The van der Waals surface area contributed by atoms with Crippen LogP contribution >= 0.6 is 46.6 Å². The maximum Gasteiger partial charge on any atom is 0.254 e. The van der Waals surface area contributed by atoms with E-state index in [1.807, 2.05) is 28.6 Å². The lowest BCUT2D eigenvalue weighted by atomic mass is 10.1. The van der Waals surface area contributed by atoms with Crippen LogP contribution in [0.4, 0.5) is 0 Å². The average Bonchev–Trinajstić information content (AvgIpc) is 3.35. The minimum atomic E-state index is -0.0926. The normalized spacial score (nSPS) is 16.3. The van der Waals surface area contributed by atoms with Crippen molar-refractivity contribution < 1.29 is 4.79 Å². The van der Waals surface area contributed by atoms with Gasteiger partial charge in [0, 0.05) is 29.9 Å². The smallest absolute Gasteiger partial charge is 0.254 e. The van der Waals surface area contributed by atoms with Crippen LogP contribution < -0.4 is 0 Å². The number of likely N-dealkylation sites (tertiary alicyclic amines) is 1. The lowest BCUT2D eigenvalue weighted by Gasteiger charge is -2.24. The Morgan fingerprint density at radius 3 is 2.60 bits per heavy atom. The highest BCUT2D eigenvalue weighted by Gasteiger charge is 2.34. The second-order valence-corrected chi connectivity index (χ2v) is 9.29. The van der Waals surface area contributed by atoms with E-state index >= 15 is 0 Å². The third kappa shape index (κ3) is 4.47. The summed E-state index contributed by atoms with van der Waals surface area (Å²) < 4.78 is 1.97. The molecule has 1 aliphatic heterocycles. The molecule has 0 saturated carbocycles. The number of carbonyl (C=O) groups is 1. The Balaban J connectivity index is 1.49. The molecule has 30 heavy (non-hydrogen) atoms. The largest absolute Gasteiger partial charge is 0.328 e. The van der Waals surface area contributed by atoms with Crippen LogP contribution in [0.25, 0.3) is 0 Å². The molecule has 1 aliphatic rings. The van der Waals surface area contributed by atoms with Gasteiger partial charge in [0.1, 0.15) is 0 Å². The van der Waals surface area contributed by atoms with E-state index in [9.17, 15) is 4.79 Å². The summed E-state index contributed by atoms with van der Waals surface area (Å²) in [5.41, 5.74) is 1.68. The molecule has 1 fully saturated rings. The van der Waals surface area contributed by atoms with Crippen LogP contribution in [0.2, 0.25) is 15.1 Å². The fourth-order valence-electron chi connectivity index (χ4n) is 3.56. The molecule has 0 N–H and O–H groups in total. The summed E-state index contributed by atoms with van der Waals surface area (Å²) in [6, 6.07) is 12.5. The zero-order valence-electron chi connectivity index (χ0n) is 16.2. The fourth-order valence-corrected chi connectivity index (χ4v) is 4.86. The molecule has 5 nitrogen and oxygen atoms in total. The van der Waals surface area contributed by atoms with Crippen molar-refractivity contribution in [2.45, 2.75) is 29.8 Å². The third-order valence-electron chi connectivity index (χ3n) is 5.12. The van der Waals surface area contributed by atoms with Crippen LogP contribution in [0.5, 0.6) is 0 Å². The Morgan fingerprint density at radius 2 is 1.87 bits per heavy atom. The third-order valence-corrected chi connectivity index (χ3v) is 7.21. The quantitative estimate of drug-likeness (QED) is 0.417. The van der Waals surface area contributed by atoms with Gasteiger partial charge in [-0.1, -0.05) is 52.6 Å². The zero-order valence-corrected chi connectivity index (χ0v) is 19.3. The lowest BCUT2D eigenvalue weighted by molar-refractivity contribution is 0.0727. The van der Waals surface area contributed by atoms with Gasteiger partial charge in [0.05, 0.1) is 16.1 Å². The number of hydrogen-bond acceptors (Lipinski definition) is 4. The van der Waals surface area contributed by atoms with E-state index in [1.165, 1.54) is 0 Å². The van der Waals surface area contributed by atoms with Gasteiger partial charge in [-0.25, -0.2) is 0 Å². The standard InChI is InChI=1S/C21H19Cl3N4OS/c1-27-19(25-26-21(27)30-12-13-4-9-16(23)17(24)11-13)18-3-2-10-28(18)20(29)14-5-7-15(22)8-6-14/h4-9,11,18H,2-3,10,12H2,1H3. The van der Waals surface area contributed by atoms with Gasteiger partial charge in [-0.15, -0.1) is 10.2 Å². The molecule has 0 spiro atoms. The van der Waals surface area contributed by atoms with Crippen LogP contribution in [0.1, 0.15) is 40.6 Å². The maximum atomic E-state index is 13.0. The van der Waals surface area contributed by atoms with Crippen molar-refractivity contribution in [1.82, 2.24) is 19.7 Å². The van der Waals surface area contributed by atoms with Gasteiger partial charge < -0.3 is 9.47 Å². The molecule has 0 radical (unpaired) electrons. The molecule has 1 atom stereocenters. The van der Waals surface area contributed by atoms with Gasteiger partial charge in [-0.2, -0.15) is 0 Å². The number of hydrogen-bond donors (Lipinski definition) is 0. The Kier molecular flexibility index (Phi) is 6.58. The summed E-state index contributed by atoms with van der Waals surface area (Å²) in [4.78, 5) is 14.9. The predicted octanol–water partition coefficient (Wildman–Crippen LogP) is 6.04. The fraction of sp³-hybridized carbons (Fsp3) is 0.286. The Morgan fingerprint density at radius 1 is 1.10 bits per heavy atom. The van der Waals surface area contributed by atoms with E-state index in [1.54, 1.807) is 42.1 Å². The summed E-state index contributed by atoms with van der Waals surface area (Å²) in [7, 11) is 1.94. The zero-order chi connectivity index (χ0) is 21.3. The van der Waals surface area contributed by atoms with E-state index < -0.39 is 0 Å². The first-order valence-corrected chi connectivity index (χ1v) is 11.6. The molecule has 2 aromatic carbocycles. The first-order chi connectivity index (χ1) is 14.4. The van der Waals surface area contributed by atoms with Crippen LogP contribution in [0.3, 0.4) is 0 Å². The predicted molar refractivity (Wildman–Crippen MR) is 121 cm³/mol. The number of rotatable bonds is 5. The molecular weight excluding hydrogens is 463 g/mol. The first kappa shape index (κ1) is 21.5. The molecule has 4 rings (SSSR count). The molecule has 0 bridgehead atoms. The number of nitrogens with zero attached hydrogens (tertiary/aromatic N) is 4. The molecule has 1 unspecified atom stereocenters. The molecule has 0 aliphatic carbocycles. The lowest BCUT2D eigenvalue weighted by Crippen LogP contribution is -2.31. The summed E-state index contributed by atoms with van der Waals surface area (Å²) in [6.45, 7) is 0.699. The summed E-state index contributed by atoms with van der Waals surface area (Å²) in [5, 5.41) is 11.3. The minimum absolute atomic E-state index is 0.0119. The van der Waals surface area contributed by atoms with Crippen molar-refractivity contribution in [3.8, 4) is 0 Å². The van der Waals surface area contributed by atoms with Gasteiger partial charge in [-0.05, 0) is 54.8 Å². The van der Waals surface area contributed by atoms with E-state index in [-0.39, 0.29) is 11.9 Å². The summed E-state index contributed by atoms with van der Waals surface area (Å²) in [5.74, 6) is 1.48. The van der Waals surface area contributed by atoms with Crippen LogP contribution in [0.15, 0.2) is 47.6 Å². The van der Waals surface area contributed by atoms with E-state index in [2.05, 4.69) is 10.2 Å². The van der Waals surface area contributed by atoms with Crippen molar-refractivity contribution in [2.24, 2.45) is 7.05 Å². The van der Waals surface area contributed by atoms with Gasteiger partial charge in [-0.3, -0.25) is 4.79 Å². The van der Waals surface area contributed by atoms with Crippen molar-refractivity contribution in [3.63, 3.8) is 0 Å². The van der Waals surface area contributed by atoms with E-state index in [0.717, 1.165) is 29.4 Å². The number of halogens is 3. The Labute approximate surface area is 194 Å².